The van der Waals surface area contributed by atoms with Crippen molar-refractivity contribution in [3.63, 3.8) is 0 Å². The van der Waals surface area contributed by atoms with Gasteiger partial charge in [0.1, 0.15) is 11.5 Å². The van der Waals surface area contributed by atoms with Crippen LogP contribution in [0.2, 0.25) is 0 Å². The Morgan fingerprint density at radius 2 is 1.06 bits per heavy atom. The first-order chi connectivity index (χ1) is 15.2. The molecule has 0 N–H and O–H groups in total. The third-order valence-corrected chi connectivity index (χ3v) is 7.06. The highest BCUT2D eigenvalue weighted by molar-refractivity contribution is 8.00. The Morgan fingerprint density at radius 3 is 1.45 bits per heavy atom. The van der Waals surface area contributed by atoms with Crippen molar-refractivity contribution in [2.75, 3.05) is 51.1 Å². The van der Waals surface area contributed by atoms with E-state index in [1.165, 1.54) is 0 Å². The lowest BCUT2D eigenvalue weighted by Crippen LogP contribution is -1.98. The average Bonchev–Trinajstić information content (AvgIpc) is 2.77. The van der Waals surface area contributed by atoms with Crippen LogP contribution in [0.4, 0.5) is 0 Å². The molecule has 2 rings (SSSR count). The van der Waals surface area contributed by atoms with Crippen LogP contribution in [0, 0.1) is 0 Å². The zero-order valence-corrected chi connectivity index (χ0v) is 21.4. The van der Waals surface area contributed by atoms with Gasteiger partial charge in [0, 0.05) is 44.3 Å². The van der Waals surface area contributed by atoms with Crippen LogP contribution in [0.15, 0.2) is 56.0 Å². The van der Waals surface area contributed by atoms with Gasteiger partial charge in [0.15, 0.2) is 0 Å². The van der Waals surface area contributed by atoms with E-state index in [4.69, 9.17) is 18.9 Å². The molecule has 4 nitrogen and oxygen atoms in total. The van der Waals surface area contributed by atoms with Gasteiger partial charge in [0.05, 0.1) is 26.4 Å². The highest BCUT2D eigenvalue weighted by Gasteiger charge is 2.10. The maximum absolute atomic E-state index is 5.90. The Hall–Kier alpha value is -0.990. The van der Waals surface area contributed by atoms with Crippen LogP contribution in [0.1, 0.15) is 27.7 Å². The summed E-state index contributed by atoms with van der Waals surface area (Å²) in [5.74, 6) is 3.70. The third-order valence-electron chi connectivity index (χ3n) is 4.04. The van der Waals surface area contributed by atoms with E-state index in [1.807, 2.05) is 27.7 Å². The molecule has 2 aromatic carbocycles. The molecule has 0 fully saturated rings. The number of ether oxygens (including phenoxy) is 4. The van der Waals surface area contributed by atoms with E-state index in [2.05, 4.69) is 36.4 Å². The lowest BCUT2D eigenvalue weighted by Gasteiger charge is -2.14. The smallest absolute Gasteiger partial charge is 0.133 e. The van der Waals surface area contributed by atoms with Crippen LogP contribution >= 0.6 is 35.3 Å². The first kappa shape index (κ1) is 26.3. The fraction of sp³-hybridized carbons (Fsp3) is 0.500. The van der Waals surface area contributed by atoms with Crippen molar-refractivity contribution < 1.29 is 18.9 Å². The molecule has 31 heavy (non-hydrogen) atoms. The molecule has 0 spiro atoms. The number of thioether (sulfide) groups is 2. The van der Waals surface area contributed by atoms with Gasteiger partial charge in [0.25, 0.3) is 0 Å². The van der Waals surface area contributed by atoms with Crippen molar-refractivity contribution in [2.24, 2.45) is 0 Å². The molecule has 0 heterocycles. The van der Waals surface area contributed by atoms with Gasteiger partial charge in [-0.1, -0.05) is 11.8 Å². The molecule has 0 aliphatic heterocycles. The first-order valence-corrected chi connectivity index (χ1v) is 13.6. The second-order valence-electron chi connectivity index (χ2n) is 6.28. The molecule has 0 saturated heterocycles. The highest BCUT2D eigenvalue weighted by Crippen LogP contribution is 2.39. The summed E-state index contributed by atoms with van der Waals surface area (Å²) in [7, 11) is 0. The number of benzene rings is 2. The number of hydrogen-bond acceptors (Lipinski definition) is 7. The maximum Gasteiger partial charge on any atom is 0.133 e. The molecule has 0 radical (unpaired) electrons. The summed E-state index contributed by atoms with van der Waals surface area (Å²) < 4.78 is 22.7. The van der Waals surface area contributed by atoms with Gasteiger partial charge in [-0.15, -0.1) is 23.5 Å². The molecule has 0 aliphatic carbocycles. The van der Waals surface area contributed by atoms with Gasteiger partial charge >= 0.3 is 0 Å². The molecule has 0 amide bonds. The van der Waals surface area contributed by atoms with E-state index in [9.17, 15) is 0 Å². The molecule has 172 valence electrons. The van der Waals surface area contributed by atoms with Crippen LogP contribution in [0.25, 0.3) is 0 Å². The topological polar surface area (TPSA) is 36.9 Å². The second kappa shape index (κ2) is 15.8. The van der Waals surface area contributed by atoms with Crippen molar-refractivity contribution in [2.45, 2.75) is 47.3 Å². The van der Waals surface area contributed by atoms with Gasteiger partial charge in [-0.25, -0.2) is 0 Å². The lowest BCUT2D eigenvalue weighted by atomic mass is 10.3. The molecular formula is C24H34O4S3. The van der Waals surface area contributed by atoms with Crippen LogP contribution in [0.3, 0.4) is 0 Å². The summed E-state index contributed by atoms with van der Waals surface area (Å²) in [6.07, 6.45) is 0. The minimum atomic E-state index is 0.648. The minimum absolute atomic E-state index is 0.648. The minimum Gasteiger partial charge on any atom is -0.493 e. The largest absolute Gasteiger partial charge is 0.493 e. The van der Waals surface area contributed by atoms with Crippen LogP contribution in [0.5, 0.6) is 11.5 Å². The maximum atomic E-state index is 5.90. The van der Waals surface area contributed by atoms with Crippen molar-refractivity contribution in [3.8, 4) is 11.5 Å². The Morgan fingerprint density at radius 1 is 0.613 bits per heavy atom. The molecule has 0 saturated carbocycles. The van der Waals surface area contributed by atoms with E-state index in [0.29, 0.717) is 13.2 Å². The summed E-state index contributed by atoms with van der Waals surface area (Å²) >= 11 is 5.26. The molecular weight excluding hydrogens is 448 g/mol. The predicted molar refractivity (Wildman–Crippen MR) is 134 cm³/mol. The predicted octanol–water partition coefficient (Wildman–Crippen LogP) is 6.89. The van der Waals surface area contributed by atoms with Gasteiger partial charge in [0.2, 0.25) is 0 Å². The lowest BCUT2D eigenvalue weighted by molar-refractivity contribution is 0.164. The molecule has 7 heteroatoms. The van der Waals surface area contributed by atoms with Gasteiger partial charge in [-0.05, 0) is 64.1 Å². The second-order valence-corrected chi connectivity index (χ2v) is 9.70. The van der Waals surface area contributed by atoms with E-state index in [-0.39, 0.29) is 0 Å². The molecule has 0 aliphatic rings. The van der Waals surface area contributed by atoms with Gasteiger partial charge < -0.3 is 18.9 Å². The SMILES string of the molecule is CCOCCSc1ccc(Sc2ccc(SCCOCC)c(OCC)c2)cc1OCC. The standard InChI is InChI=1S/C24H34O4S3/c1-5-25-13-15-29-23-11-9-19(17-21(23)27-7-3)31-20-10-12-24(22(18-20)28-8-4)30-16-14-26-6-2/h9-12,17-18H,5-8,13-16H2,1-4H3. The van der Waals surface area contributed by atoms with Crippen molar-refractivity contribution >= 4 is 35.3 Å². The van der Waals surface area contributed by atoms with Gasteiger partial charge in [-0.3, -0.25) is 0 Å². The van der Waals surface area contributed by atoms with E-state index in [0.717, 1.165) is 69.0 Å². The first-order valence-electron chi connectivity index (χ1n) is 10.8. The monoisotopic (exact) mass is 482 g/mol. The van der Waals surface area contributed by atoms with Crippen molar-refractivity contribution in [1.29, 1.82) is 0 Å². The van der Waals surface area contributed by atoms with E-state index < -0.39 is 0 Å². The zero-order chi connectivity index (χ0) is 22.3. The zero-order valence-electron chi connectivity index (χ0n) is 19.0. The number of rotatable bonds is 16. The molecule has 0 aromatic heterocycles. The Bertz CT molecular complexity index is 707. The van der Waals surface area contributed by atoms with Crippen LogP contribution in [-0.2, 0) is 9.47 Å². The summed E-state index contributed by atoms with van der Waals surface area (Å²) in [6.45, 7) is 12.4. The Kier molecular flexibility index (Phi) is 13.3. The van der Waals surface area contributed by atoms with Crippen LogP contribution < -0.4 is 9.47 Å². The Balaban J connectivity index is 2.09. The van der Waals surface area contributed by atoms with Crippen LogP contribution in [-0.4, -0.2) is 51.1 Å². The Labute approximate surface area is 200 Å². The summed E-state index contributed by atoms with van der Waals surface area (Å²) in [5, 5.41) is 0. The third kappa shape index (κ3) is 9.58. The summed E-state index contributed by atoms with van der Waals surface area (Å²) in [4.78, 5) is 4.61. The molecule has 0 bridgehead atoms. The molecule has 2 aromatic rings. The molecule has 0 unspecified atom stereocenters. The quantitative estimate of drug-likeness (QED) is 0.190. The van der Waals surface area contributed by atoms with E-state index >= 15 is 0 Å². The fourth-order valence-corrected chi connectivity index (χ4v) is 5.29. The fourth-order valence-electron chi connectivity index (χ4n) is 2.72. The van der Waals surface area contributed by atoms with Crippen molar-refractivity contribution in [1.82, 2.24) is 0 Å². The summed E-state index contributed by atoms with van der Waals surface area (Å²) in [5.41, 5.74) is 0. The summed E-state index contributed by atoms with van der Waals surface area (Å²) in [6, 6.07) is 12.9. The average molecular weight is 483 g/mol. The number of hydrogen-bond donors (Lipinski definition) is 0. The highest BCUT2D eigenvalue weighted by atomic mass is 32.2. The van der Waals surface area contributed by atoms with E-state index in [1.54, 1.807) is 35.3 Å². The van der Waals surface area contributed by atoms with Crippen molar-refractivity contribution in [3.05, 3.63) is 36.4 Å². The van der Waals surface area contributed by atoms with Gasteiger partial charge in [-0.2, -0.15) is 0 Å². The molecule has 0 atom stereocenters. The normalized spacial score (nSPS) is 11.0.